The third-order valence-electron chi connectivity index (χ3n) is 4.20. The van der Waals surface area contributed by atoms with Gasteiger partial charge >= 0.3 is 0 Å². The third kappa shape index (κ3) is 3.17. The van der Waals surface area contributed by atoms with Gasteiger partial charge in [-0.25, -0.2) is 0 Å². The highest BCUT2D eigenvalue weighted by atomic mass is 16.2. The summed E-state index contributed by atoms with van der Waals surface area (Å²) in [4.78, 5) is 21.1. The van der Waals surface area contributed by atoms with Crippen molar-refractivity contribution in [1.82, 2.24) is 14.8 Å². The summed E-state index contributed by atoms with van der Waals surface area (Å²) in [7, 11) is 0. The number of hydrogen-bond acceptors (Lipinski definition) is 3. The number of carbonyl (C=O) groups excluding carboxylic acids is 1. The first-order valence-corrected chi connectivity index (χ1v) is 7.81. The molecule has 2 heterocycles. The molecule has 1 saturated heterocycles. The smallest absolute Gasteiger partial charge is 0.272 e. The second-order valence-electron chi connectivity index (χ2n) is 5.52. The van der Waals surface area contributed by atoms with Crippen LogP contribution in [0.4, 0.5) is 0 Å². The molecular weight excluding hydrogens is 274 g/mol. The molecule has 0 atom stereocenters. The van der Waals surface area contributed by atoms with Gasteiger partial charge in [-0.3, -0.25) is 9.78 Å². The van der Waals surface area contributed by atoms with E-state index < -0.39 is 0 Å². The topological polar surface area (TPSA) is 36.4 Å². The van der Waals surface area contributed by atoms with Crippen LogP contribution in [0.5, 0.6) is 0 Å². The number of hydrogen-bond donors (Lipinski definition) is 0. The van der Waals surface area contributed by atoms with Crippen molar-refractivity contribution >= 4 is 5.91 Å². The average Bonchev–Trinajstić information content (AvgIpc) is 2.62. The van der Waals surface area contributed by atoms with E-state index in [0.717, 1.165) is 43.9 Å². The molecule has 22 heavy (non-hydrogen) atoms. The summed E-state index contributed by atoms with van der Waals surface area (Å²) in [6.07, 6.45) is 1.78. The monoisotopic (exact) mass is 295 g/mol. The van der Waals surface area contributed by atoms with Crippen LogP contribution in [0.15, 0.2) is 48.7 Å². The molecule has 0 N–H and O–H groups in total. The van der Waals surface area contributed by atoms with Gasteiger partial charge in [0.1, 0.15) is 5.69 Å². The Kier molecular flexibility index (Phi) is 4.49. The standard InChI is InChI=1S/C18H21N3O/c1-2-20-10-12-21(13-11-20)18(22)17-9-8-16(14-19-17)15-6-4-3-5-7-15/h3-9,14H,2,10-13H2,1H3. The molecule has 4 heteroatoms. The van der Waals surface area contributed by atoms with Crippen LogP contribution in [0.3, 0.4) is 0 Å². The van der Waals surface area contributed by atoms with Gasteiger partial charge in [0, 0.05) is 37.9 Å². The highest BCUT2D eigenvalue weighted by Crippen LogP contribution is 2.18. The van der Waals surface area contributed by atoms with Crippen molar-refractivity contribution in [3.05, 3.63) is 54.4 Å². The van der Waals surface area contributed by atoms with E-state index in [1.165, 1.54) is 0 Å². The Morgan fingerprint density at radius 3 is 2.32 bits per heavy atom. The summed E-state index contributed by atoms with van der Waals surface area (Å²) in [5.41, 5.74) is 2.68. The van der Waals surface area contributed by atoms with Crippen molar-refractivity contribution < 1.29 is 4.79 Å². The van der Waals surface area contributed by atoms with Crippen molar-refractivity contribution in [2.75, 3.05) is 32.7 Å². The molecular formula is C18H21N3O. The molecule has 0 radical (unpaired) electrons. The van der Waals surface area contributed by atoms with Crippen LogP contribution in [0.2, 0.25) is 0 Å². The van der Waals surface area contributed by atoms with E-state index in [2.05, 4.69) is 16.8 Å². The van der Waals surface area contributed by atoms with Crippen LogP contribution < -0.4 is 0 Å². The zero-order chi connectivity index (χ0) is 15.4. The summed E-state index contributed by atoms with van der Waals surface area (Å²) in [6.45, 7) is 6.67. The van der Waals surface area contributed by atoms with Crippen molar-refractivity contribution in [3.63, 3.8) is 0 Å². The average molecular weight is 295 g/mol. The fourth-order valence-electron chi connectivity index (χ4n) is 2.75. The fourth-order valence-corrected chi connectivity index (χ4v) is 2.75. The molecule has 4 nitrogen and oxygen atoms in total. The van der Waals surface area contributed by atoms with E-state index in [1.807, 2.05) is 47.4 Å². The number of pyridine rings is 1. The van der Waals surface area contributed by atoms with Gasteiger partial charge < -0.3 is 9.80 Å². The molecule has 0 saturated carbocycles. The molecule has 1 aliphatic heterocycles. The maximum absolute atomic E-state index is 12.5. The molecule has 0 unspecified atom stereocenters. The van der Waals surface area contributed by atoms with E-state index in [1.54, 1.807) is 6.20 Å². The lowest BCUT2D eigenvalue weighted by molar-refractivity contribution is 0.0637. The van der Waals surface area contributed by atoms with Gasteiger partial charge in [-0.15, -0.1) is 0 Å². The van der Waals surface area contributed by atoms with Crippen molar-refractivity contribution in [1.29, 1.82) is 0 Å². The van der Waals surface area contributed by atoms with Gasteiger partial charge in [-0.1, -0.05) is 43.3 Å². The van der Waals surface area contributed by atoms with Gasteiger partial charge in [0.05, 0.1) is 0 Å². The first-order chi connectivity index (χ1) is 10.8. The van der Waals surface area contributed by atoms with Gasteiger partial charge in [0.15, 0.2) is 0 Å². The van der Waals surface area contributed by atoms with Crippen LogP contribution in [-0.2, 0) is 0 Å². The Bertz CT molecular complexity index is 617. The minimum Gasteiger partial charge on any atom is -0.335 e. The number of piperazine rings is 1. The minimum absolute atomic E-state index is 0.0374. The molecule has 2 aromatic rings. The number of likely N-dealkylation sites (N-methyl/N-ethyl adjacent to an activating group) is 1. The van der Waals surface area contributed by atoms with Crippen LogP contribution in [0, 0.1) is 0 Å². The van der Waals surface area contributed by atoms with Gasteiger partial charge in [-0.2, -0.15) is 0 Å². The quantitative estimate of drug-likeness (QED) is 0.873. The summed E-state index contributed by atoms with van der Waals surface area (Å²) < 4.78 is 0. The lowest BCUT2D eigenvalue weighted by Gasteiger charge is -2.33. The second kappa shape index (κ2) is 6.71. The van der Waals surface area contributed by atoms with E-state index >= 15 is 0 Å². The first kappa shape index (κ1) is 14.7. The van der Waals surface area contributed by atoms with Crippen molar-refractivity contribution in [2.45, 2.75) is 6.92 Å². The van der Waals surface area contributed by atoms with Crippen LogP contribution >= 0.6 is 0 Å². The lowest BCUT2D eigenvalue weighted by Crippen LogP contribution is -2.48. The first-order valence-electron chi connectivity index (χ1n) is 7.81. The maximum Gasteiger partial charge on any atom is 0.272 e. The van der Waals surface area contributed by atoms with Gasteiger partial charge in [0.25, 0.3) is 5.91 Å². The van der Waals surface area contributed by atoms with Crippen LogP contribution in [0.1, 0.15) is 17.4 Å². The van der Waals surface area contributed by atoms with Gasteiger partial charge in [-0.05, 0) is 18.2 Å². The Morgan fingerprint density at radius 1 is 1.00 bits per heavy atom. The Morgan fingerprint density at radius 2 is 1.73 bits per heavy atom. The molecule has 0 bridgehead atoms. The zero-order valence-corrected chi connectivity index (χ0v) is 12.9. The molecule has 1 aromatic carbocycles. The summed E-state index contributed by atoms with van der Waals surface area (Å²) in [5, 5.41) is 0. The minimum atomic E-state index is 0.0374. The van der Waals surface area contributed by atoms with Crippen LogP contribution in [0.25, 0.3) is 11.1 Å². The number of benzene rings is 1. The molecule has 1 aliphatic rings. The Hall–Kier alpha value is -2.20. The molecule has 1 fully saturated rings. The normalized spacial score (nSPS) is 15.8. The Labute approximate surface area is 131 Å². The third-order valence-corrected chi connectivity index (χ3v) is 4.20. The number of nitrogens with zero attached hydrogens (tertiary/aromatic N) is 3. The second-order valence-corrected chi connectivity index (χ2v) is 5.52. The molecule has 114 valence electrons. The van der Waals surface area contributed by atoms with Crippen molar-refractivity contribution in [2.24, 2.45) is 0 Å². The summed E-state index contributed by atoms with van der Waals surface area (Å²) >= 11 is 0. The van der Waals surface area contributed by atoms with E-state index in [0.29, 0.717) is 5.69 Å². The van der Waals surface area contributed by atoms with Crippen molar-refractivity contribution in [3.8, 4) is 11.1 Å². The lowest BCUT2D eigenvalue weighted by atomic mass is 10.1. The number of aromatic nitrogens is 1. The highest BCUT2D eigenvalue weighted by molar-refractivity contribution is 5.92. The predicted octanol–water partition coefficient (Wildman–Crippen LogP) is 2.53. The van der Waals surface area contributed by atoms with Gasteiger partial charge in [0.2, 0.25) is 0 Å². The molecule has 1 aromatic heterocycles. The number of carbonyl (C=O) groups is 1. The number of amides is 1. The van der Waals surface area contributed by atoms with E-state index in [-0.39, 0.29) is 5.91 Å². The summed E-state index contributed by atoms with van der Waals surface area (Å²) in [5.74, 6) is 0.0374. The zero-order valence-electron chi connectivity index (χ0n) is 12.9. The molecule has 1 amide bonds. The SMILES string of the molecule is CCN1CCN(C(=O)c2ccc(-c3ccccc3)cn2)CC1. The highest BCUT2D eigenvalue weighted by Gasteiger charge is 2.21. The van der Waals surface area contributed by atoms with Crippen LogP contribution in [-0.4, -0.2) is 53.4 Å². The maximum atomic E-state index is 12.5. The molecule has 3 rings (SSSR count). The van der Waals surface area contributed by atoms with E-state index in [9.17, 15) is 4.79 Å². The largest absolute Gasteiger partial charge is 0.335 e. The Balaban J connectivity index is 1.69. The number of rotatable bonds is 3. The molecule has 0 aliphatic carbocycles. The predicted molar refractivity (Wildman–Crippen MR) is 87.7 cm³/mol. The molecule has 0 spiro atoms. The summed E-state index contributed by atoms with van der Waals surface area (Å²) in [6, 6.07) is 13.9. The van der Waals surface area contributed by atoms with E-state index in [4.69, 9.17) is 0 Å². The fraction of sp³-hybridized carbons (Fsp3) is 0.333.